The number of amides is 2. The molecule has 0 saturated heterocycles. The molecule has 4 heteroatoms. The standard InChI is InChI=1S/C13H15N3O/c1-11(15-16-13(14)17)7-5-6-10-12-8-3-2-4-9-12/h2-10H,1H3,(H3,14,16,17)/b7-5+,10-6+,15-11+. The molecule has 3 N–H and O–H groups in total. The van der Waals surface area contributed by atoms with Gasteiger partial charge in [-0.25, -0.2) is 10.2 Å². The summed E-state index contributed by atoms with van der Waals surface area (Å²) in [6.07, 6.45) is 7.49. The summed E-state index contributed by atoms with van der Waals surface area (Å²) in [7, 11) is 0. The minimum atomic E-state index is -0.669. The molecule has 0 heterocycles. The van der Waals surface area contributed by atoms with Crippen LogP contribution in [0.3, 0.4) is 0 Å². The highest BCUT2D eigenvalue weighted by molar-refractivity contribution is 5.93. The first-order valence-electron chi connectivity index (χ1n) is 5.18. The summed E-state index contributed by atoms with van der Waals surface area (Å²) in [5.74, 6) is 0. The maximum Gasteiger partial charge on any atom is 0.332 e. The molecule has 0 atom stereocenters. The molecule has 17 heavy (non-hydrogen) atoms. The van der Waals surface area contributed by atoms with Crippen LogP contribution in [0.5, 0.6) is 0 Å². The predicted molar refractivity (Wildman–Crippen MR) is 70.4 cm³/mol. The smallest absolute Gasteiger partial charge is 0.332 e. The van der Waals surface area contributed by atoms with Gasteiger partial charge in [-0.3, -0.25) is 0 Å². The van der Waals surface area contributed by atoms with E-state index in [0.29, 0.717) is 5.71 Å². The highest BCUT2D eigenvalue weighted by atomic mass is 16.2. The predicted octanol–water partition coefficient (Wildman–Crippen LogP) is 2.30. The Bertz CT molecular complexity index is 447. The van der Waals surface area contributed by atoms with Crippen molar-refractivity contribution in [1.82, 2.24) is 5.43 Å². The second-order valence-electron chi connectivity index (χ2n) is 3.36. The zero-order valence-electron chi connectivity index (χ0n) is 9.63. The van der Waals surface area contributed by atoms with Crippen molar-refractivity contribution in [2.24, 2.45) is 10.8 Å². The second-order valence-corrected chi connectivity index (χ2v) is 3.36. The van der Waals surface area contributed by atoms with Crippen LogP contribution in [-0.2, 0) is 0 Å². The van der Waals surface area contributed by atoms with Crippen molar-refractivity contribution in [3.05, 3.63) is 54.1 Å². The number of hydrazone groups is 1. The average Bonchev–Trinajstić information content (AvgIpc) is 2.33. The van der Waals surface area contributed by atoms with Crippen molar-refractivity contribution in [1.29, 1.82) is 0 Å². The minimum Gasteiger partial charge on any atom is -0.350 e. The monoisotopic (exact) mass is 229 g/mol. The van der Waals surface area contributed by atoms with Gasteiger partial charge in [0.15, 0.2) is 0 Å². The van der Waals surface area contributed by atoms with E-state index in [1.54, 1.807) is 13.0 Å². The van der Waals surface area contributed by atoms with Gasteiger partial charge in [0.05, 0.1) is 5.71 Å². The van der Waals surface area contributed by atoms with E-state index in [9.17, 15) is 4.79 Å². The molecular formula is C13H15N3O. The molecule has 0 aliphatic carbocycles. The van der Waals surface area contributed by atoms with Gasteiger partial charge >= 0.3 is 6.03 Å². The molecular weight excluding hydrogens is 214 g/mol. The number of primary amides is 1. The molecule has 0 fully saturated rings. The van der Waals surface area contributed by atoms with Gasteiger partial charge in [-0.05, 0) is 18.6 Å². The van der Waals surface area contributed by atoms with E-state index in [0.717, 1.165) is 5.56 Å². The van der Waals surface area contributed by atoms with Gasteiger partial charge < -0.3 is 5.73 Å². The summed E-state index contributed by atoms with van der Waals surface area (Å²) in [5.41, 5.74) is 8.83. The third-order valence-electron chi connectivity index (χ3n) is 1.88. The van der Waals surface area contributed by atoms with Crippen LogP contribution in [0.2, 0.25) is 0 Å². The normalized spacial score (nSPS) is 12.2. The molecule has 1 aromatic carbocycles. The number of nitrogens with one attached hydrogen (secondary N) is 1. The number of nitrogens with zero attached hydrogens (tertiary/aromatic N) is 1. The van der Waals surface area contributed by atoms with Crippen LogP contribution in [-0.4, -0.2) is 11.7 Å². The van der Waals surface area contributed by atoms with E-state index in [1.165, 1.54) is 0 Å². The minimum absolute atomic E-state index is 0.668. The van der Waals surface area contributed by atoms with Crippen molar-refractivity contribution in [2.75, 3.05) is 0 Å². The molecule has 2 amide bonds. The third-order valence-corrected chi connectivity index (χ3v) is 1.88. The van der Waals surface area contributed by atoms with Crippen molar-refractivity contribution in [3.63, 3.8) is 0 Å². The summed E-state index contributed by atoms with van der Waals surface area (Å²) < 4.78 is 0. The van der Waals surface area contributed by atoms with Gasteiger partial charge in [-0.1, -0.05) is 48.6 Å². The Labute approximate surface area is 101 Å². The molecule has 1 rings (SSSR count). The molecule has 0 spiro atoms. The lowest BCUT2D eigenvalue weighted by Crippen LogP contribution is -2.25. The molecule has 0 unspecified atom stereocenters. The molecule has 0 saturated carbocycles. The lowest BCUT2D eigenvalue weighted by Gasteiger charge is -1.92. The Kier molecular flexibility index (Phi) is 5.24. The number of carbonyl (C=O) groups excluding carboxylic acids is 1. The van der Waals surface area contributed by atoms with E-state index in [-0.39, 0.29) is 0 Å². The number of hydrogen-bond donors (Lipinski definition) is 2. The number of rotatable bonds is 4. The van der Waals surface area contributed by atoms with Gasteiger partial charge in [0.25, 0.3) is 0 Å². The number of allylic oxidation sites excluding steroid dienone is 3. The number of benzene rings is 1. The fourth-order valence-electron chi connectivity index (χ4n) is 1.11. The SMILES string of the molecule is CC(/C=C/C=C/c1ccccc1)=N\NC(N)=O. The average molecular weight is 229 g/mol. The van der Waals surface area contributed by atoms with E-state index < -0.39 is 6.03 Å². The van der Waals surface area contributed by atoms with Gasteiger partial charge in [-0.15, -0.1) is 0 Å². The third kappa shape index (κ3) is 5.94. The Morgan fingerprint density at radius 3 is 2.65 bits per heavy atom. The van der Waals surface area contributed by atoms with Gasteiger partial charge in [0.1, 0.15) is 0 Å². The van der Waals surface area contributed by atoms with Crippen molar-refractivity contribution in [3.8, 4) is 0 Å². The summed E-state index contributed by atoms with van der Waals surface area (Å²) >= 11 is 0. The summed E-state index contributed by atoms with van der Waals surface area (Å²) in [6.45, 7) is 1.77. The van der Waals surface area contributed by atoms with Crippen molar-refractivity contribution >= 4 is 17.8 Å². The van der Waals surface area contributed by atoms with Crippen molar-refractivity contribution < 1.29 is 4.79 Å². The second kappa shape index (κ2) is 7.00. The molecule has 88 valence electrons. The molecule has 0 aromatic heterocycles. The Morgan fingerprint density at radius 1 is 1.29 bits per heavy atom. The topological polar surface area (TPSA) is 67.5 Å². The number of carbonyl (C=O) groups is 1. The van der Waals surface area contributed by atoms with Gasteiger partial charge in [-0.2, -0.15) is 5.10 Å². The number of urea groups is 1. The number of nitrogens with two attached hydrogens (primary N) is 1. The van der Waals surface area contributed by atoms with Crippen LogP contribution in [0.1, 0.15) is 12.5 Å². The fraction of sp³-hybridized carbons (Fsp3) is 0.0769. The van der Waals surface area contributed by atoms with Gasteiger partial charge in [0, 0.05) is 0 Å². The zero-order chi connectivity index (χ0) is 12.5. The molecule has 0 radical (unpaired) electrons. The summed E-state index contributed by atoms with van der Waals surface area (Å²) in [4.78, 5) is 10.4. The van der Waals surface area contributed by atoms with E-state index in [1.807, 2.05) is 48.6 Å². The quantitative estimate of drug-likeness (QED) is 0.464. The van der Waals surface area contributed by atoms with Crippen LogP contribution in [0.4, 0.5) is 4.79 Å². The Morgan fingerprint density at radius 2 is 2.00 bits per heavy atom. The fourth-order valence-corrected chi connectivity index (χ4v) is 1.11. The largest absolute Gasteiger partial charge is 0.350 e. The molecule has 1 aromatic rings. The maximum absolute atomic E-state index is 10.4. The molecule has 0 aliphatic heterocycles. The Balaban J connectivity index is 2.47. The first-order valence-corrected chi connectivity index (χ1v) is 5.18. The molecule has 0 aliphatic rings. The zero-order valence-corrected chi connectivity index (χ0v) is 9.63. The number of hydrogen-bond acceptors (Lipinski definition) is 2. The van der Waals surface area contributed by atoms with Gasteiger partial charge in [0.2, 0.25) is 0 Å². The summed E-state index contributed by atoms with van der Waals surface area (Å²) in [5, 5.41) is 3.74. The maximum atomic E-state index is 10.4. The van der Waals surface area contributed by atoms with E-state index in [4.69, 9.17) is 5.73 Å². The first-order chi connectivity index (χ1) is 8.18. The van der Waals surface area contributed by atoms with E-state index >= 15 is 0 Å². The van der Waals surface area contributed by atoms with Crippen LogP contribution in [0, 0.1) is 0 Å². The lowest BCUT2D eigenvalue weighted by molar-refractivity contribution is 0.249. The van der Waals surface area contributed by atoms with Crippen LogP contribution in [0.25, 0.3) is 6.08 Å². The molecule has 0 bridgehead atoms. The van der Waals surface area contributed by atoms with Crippen LogP contribution >= 0.6 is 0 Å². The van der Waals surface area contributed by atoms with Crippen LogP contribution in [0.15, 0.2) is 53.7 Å². The van der Waals surface area contributed by atoms with E-state index in [2.05, 4.69) is 10.5 Å². The highest BCUT2D eigenvalue weighted by Gasteiger charge is 1.86. The lowest BCUT2D eigenvalue weighted by atomic mass is 10.2. The highest BCUT2D eigenvalue weighted by Crippen LogP contribution is 2.00. The molecule has 4 nitrogen and oxygen atoms in total. The first kappa shape index (κ1) is 12.7. The van der Waals surface area contributed by atoms with Crippen LogP contribution < -0.4 is 11.2 Å². The van der Waals surface area contributed by atoms with Crippen molar-refractivity contribution in [2.45, 2.75) is 6.92 Å². The summed E-state index contributed by atoms with van der Waals surface area (Å²) in [6, 6.07) is 9.29. The Hall–Kier alpha value is -2.36.